The third-order valence-electron chi connectivity index (χ3n) is 1.37. The van der Waals surface area contributed by atoms with Crippen LogP contribution in [0.3, 0.4) is 0 Å². The van der Waals surface area contributed by atoms with Crippen molar-refractivity contribution in [1.29, 1.82) is 0 Å². The summed E-state index contributed by atoms with van der Waals surface area (Å²) in [5.41, 5.74) is 0. The molecule has 1 aromatic heterocycles. The molecule has 1 rings (SSSR count). The van der Waals surface area contributed by atoms with Crippen molar-refractivity contribution in [2.75, 3.05) is 11.9 Å². The lowest BCUT2D eigenvalue weighted by Crippen LogP contribution is -2.09. The average molecular weight is 187 g/mol. The maximum atomic E-state index is 8.96. The fourth-order valence-electron chi connectivity index (χ4n) is 0.757. The highest BCUT2D eigenvalue weighted by molar-refractivity contribution is 7.09. The standard InChI is InChI=1S/C7H13N3OS/c1-5(11)3-4-8-7-9-6(2)10-12-7/h5,11H,3-4H2,1-2H3,(H,8,9,10)/t5-/m1/s1. The van der Waals surface area contributed by atoms with E-state index in [1.54, 1.807) is 6.92 Å². The number of aliphatic hydroxyl groups is 1. The number of aromatic nitrogens is 2. The van der Waals surface area contributed by atoms with Crippen LogP contribution in [0.2, 0.25) is 0 Å². The number of hydrogen-bond acceptors (Lipinski definition) is 5. The first-order valence-corrected chi connectivity index (χ1v) is 4.68. The van der Waals surface area contributed by atoms with Gasteiger partial charge < -0.3 is 10.4 Å². The van der Waals surface area contributed by atoms with E-state index in [-0.39, 0.29) is 6.10 Å². The van der Waals surface area contributed by atoms with Crippen LogP contribution in [0, 0.1) is 6.92 Å². The van der Waals surface area contributed by atoms with Crippen molar-refractivity contribution in [3.63, 3.8) is 0 Å². The highest BCUT2D eigenvalue weighted by Crippen LogP contribution is 2.09. The van der Waals surface area contributed by atoms with Crippen LogP contribution in [-0.4, -0.2) is 27.1 Å². The first-order chi connectivity index (χ1) is 5.68. The van der Waals surface area contributed by atoms with Crippen LogP contribution in [0.15, 0.2) is 0 Å². The molecule has 68 valence electrons. The van der Waals surface area contributed by atoms with Gasteiger partial charge in [-0.25, -0.2) is 4.98 Å². The summed E-state index contributed by atoms with van der Waals surface area (Å²) in [4.78, 5) is 4.12. The average Bonchev–Trinajstić information content (AvgIpc) is 2.35. The fraction of sp³-hybridized carbons (Fsp3) is 0.714. The molecule has 0 saturated carbocycles. The zero-order valence-electron chi connectivity index (χ0n) is 7.24. The maximum Gasteiger partial charge on any atom is 0.202 e. The van der Waals surface area contributed by atoms with E-state index in [2.05, 4.69) is 14.7 Å². The zero-order chi connectivity index (χ0) is 8.97. The summed E-state index contributed by atoms with van der Waals surface area (Å²) in [5.74, 6) is 0.791. The van der Waals surface area contributed by atoms with Crippen LogP contribution < -0.4 is 5.32 Å². The van der Waals surface area contributed by atoms with Gasteiger partial charge in [0, 0.05) is 18.1 Å². The van der Waals surface area contributed by atoms with E-state index >= 15 is 0 Å². The molecule has 12 heavy (non-hydrogen) atoms. The number of nitrogens with zero attached hydrogens (tertiary/aromatic N) is 2. The Morgan fingerprint density at radius 3 is 2.92 bits per heavy atom. The van der Waals surface area contributed by atoms with Gasteiger partial charge >= 0.3 is 0 Å². The van der Waals surface area contributed by atoms with Gasteiger partial charge in [-0.2, -0.15) is 4.37 Å². The number of aryl methyl sites for hydroxylation is 1. The van der Waals surface area contributed by atoms with Gasteiger partial charge in [0.05, 0.1) is 6.10 Å². The van der Waals surface area contributed by atoms with Gasteiger partial charge in [0.1, 0.15) is 5.82 Å². The second-order valence-corrected chi connectivity index (χ2v) is 3.46. The summed E-state index contributed by atoms with van der Waals surface area (Å²) in [5, 5.41) is 12.9. The molecule has 0 aliphatic rings. The molecule has 1 aromatic rings. The van der Waals surface area contributed by atoms with Gasteiger partial charge in [0.15, 0.2) is 0 Å². The second kappa shape index (κ2) is 4.37. The van der Waals surface area contributed by atoms with Gasteiger partial charge in [-0.1, -0.05) is 0 Å². The van der Waals surface area contributed by atoms with E-state index in [4.69, 9.17) is 5.11 Å². The Morgan fingerprint density at radius 2 is 2.42 bits per heavy atom. The molecule has 0 spiro atoms. The summed E-state index contributed by atoms with van der Waals surface area (Å²) < 4.78 is 4.02. The van der Waals surface area contributed by atoms with E-state index in [0.29, 0.717) is 0 Å². The Bertz CT molecular complexity index is 236. The van der Waals surface area contributed by atoms with Gasteiger partial charge in [0.2, 0.25) is 5.13 Å². The monoisotopic (exact) mass is 187 g/mol. The van der Waals surface area contributed by atoms with Gasteiger partial charge in [-0.15, -0.1) is 0 Å². The van der Waals surface area contributed by atoms with Gasteiger partial charge in [-0.05, 0) is 20.3 Å². The molecule has 2 N–H and O–H groups in total. The van der Waals surface area contributed by atoms with Crippen molar-refractivity contribution < 1.29 is 5.11 Å². The van der Waals surface area contributed by atoms with Crippen molar-refractivity contribution in [3.05, 3.63) is 5.82 Å². The smallest absolute Gasteiger partial charge is 0.202 e. The van der Waals surface area contributed by atoms with Crippen LogP contribution in [-0.2, 0) is 0 Å². The van der Waals surface area contributed by atoms with E-state index in [9.17, 15) is 0 Å². The largest absolute Gasteiger partial charge is 0.393 e. The number of anilines is 1. The molecule has 1 atom stereocenters. The Labute approximate surface area is 75.8 Å². The molecular weight excluding hydrogens is 174 g/mol. The molecule has 0 bridgehead atoms. The molecule has 1 heterocycles. The molecular formula is C7H13N3OS. The molecule has 4 nitrogen and oxygen atoms in total. The second-order valence-electron chi connectivity index (χ2n) is 2.71. The zero-order valence-corrected chi connectivity index (χ0v) is 8.06. The van der Waals surface area contributed by atoms with Crippen LogP contribution in [0.1, 0.15) is 19.2 Å². The highest BCUT2D eigenvalue weighted by atomic mass is 32.1. The minimum atomic E-state index is -0.258. The van der Waals surface area contributed by atoms with Crippen molar-refractivity contribution in [1.82, 2.24) is 9.36 Å². The van der Waals surface area contributed by atoms with Crippen molar-refractivity contribution in [2.24, 2.45) is 0 Å². The van der Waals surface area contributed by atoms with Gasteiger partial charge in [-0.3, -0.25) is 0 Å². The number of nitrogens with one attached hydrogen (secondary N) is 1. The van der Waals surface area contributed by atoms with E-state index in [1.807, 2.05) is 6.92 Å². The molecule has 0 amide bonds. The molecule has 0 saturated heterocycles. The first kappa shape index (κ1) is 9.41. The summed E-state index contributed by atoms with van der Waals surface area (Å²) >= 11 is 1.35. The number of hydrogen-bond donors (Lipinski definition) is 2. The predicted octanol–water partition coefficient (Wildman–Crippen LogP) is 1.03. The lowest BCUT2D eigenvalue weighted by molar-refractivity contribution is 0.189. The molecule has 0 aliphatic carbocycles. The molecule has 5 heteroatoms. The lowest BCUT2D eigenvalue weighted by Gasteiger charge is -2.03. The quantitative estimate of drug-likeness (QED) is 0.739. The number of rotatable bonds is 4. The number of aliphatic hydroxyl groups excluding tert-OH is 1. The van der Waals surface area contributed by atoms with E-state index < -0.39 is 0 Å². The molecule has 0 aliphatic heterocycles. The van der Waals surface area contributed by atoms with Gasteiger partial charge in [0.25, 0.3) is 0 Å². The highest BCUT2D eigenvalue weighted by Gasteiger charge is 1.99. The molecule has 0 radical (unpaired) electrons. The fourth-order valence-corrected chi connectivity index (χ4v) is 1.36. The van der Waals surface area contributed by atoms with E-state index in [1.165, 1.54) is 11.5 Å². The minimum Gasteiger partial charge on any atom is -0.393 e. The van der Waals surface area contributed by atoms with Crippen molar-refractivity contribution in [3.8, 4) is 0 Å². The van der Waals surface area contributed by atoms with Crippen molar-refractivity contribution >= 4 is 16.7 Å². The molecule has 0 aromatic carbocycles. The lowest BCUT2D eigenvalue weighted by atomic mass is 10.3. The van der Waals surface area contributed by atoms with Crippen LogP contribution >= 0.6 is 11.5 Å². The SMILES string of the molecule is Cc1nsc(NCC[C@@H](C)O)n1. The first-order valence-electron chi connectivity index (χ1n) is 3.90. The Morgan fingerprint density at radius 1 is 1.67 bits per heavy atom. The summed E-state index contributed by atoms with van der Waals surface area (Å²) in [6.45, 7) is 4.37. The Hall–Kier alpha value is -0.680. The summed E-state index contributed by atoms with van der Waals surface area (Å²) in [6, 6.07) is 0. The topological polar surface area (TPSA) is 58.0 Å². The third kappa shape index (κ3) is 3.15. The van der Waals surface area contributed by atoms with E-state index in [0.717, 1.165) is 23.9 Å². The Balaban J connectivity index is 2.24. The maximum absolute atomic E-state index is 8.96. The van der Waals surface area contributed by atoms with Crippen molar-refractivity contribution in [2.45, 2.75) is 26.4 Å². The van der Waals surface area contributed by atoms with Crippen LogP contribution in [0.25, 0.3) is 0 Å². The Kier molecular flexibility index (Phi) is 3.43. The van der Waals surface area contributed by atoms with Crippen LogP contribution in [0.5, 0.6) is 0 Å². The summed E-state index contributed by atoms with van der Waals surface area (Å²) in [7, 11) is 0. The molecule has 0 unspecified atom stereocenters. The predicted molar refractivity (Wildman–Crippen MR) is 49.4 cm³/mol. The minimum absolute atomic E-state index is 0.258. The summed E-state index contributed by atoms with van der Waals surface area (Å²) in [6.07, 6.45) is 0.477. The third-order valence-corrected chi connectivity index (χ3v) is 2.13. The molecule has 0 fully saturated rings. The normalized spacial score (nSPS) is 12.9. The van der Waals surface area contributed by atoms with Crippen LogP contribution in [0.4, 0.5) is 5.13 Å².